The third-order valence-electron chi connectivity index (χ3n) is 3.42. The van der Waals surface area contributed by atoms with Crippen molar-refractivity contribution in [2.45, 2.75) is 6.42 Å². The maximum Gasteiger partial charge on any atom is 0.255 e. The first kappa shape index (κ1) is 14.3. The largest absolute Gasteiger partial charge is 0.398 e. The number of anilines is 1. The van der Waals surface area contributed by atoms with Crippen molar-refractivity contribution in [1.29, 1.82) is 0 Å². The van der Waals surface area contributed by atoms with Crippen molar-refractivity contribution in [1.82, 2.24) is 10.2 Å². The summed E-state index contributed by atoms with van der Waals surface area (Å²) < 4.78 is 0. The Hall–Kier alpha value is -2.07. The van der Waals surface area contributed by atoms with Gasteiger partial charge in [-0.15, -0.1) is 0 Å². The Bertz CT molecular complexity index is 610. The van der Waals surface area contributed by atoms with Crippen LogP contribution in [-0.4, -0.2) is 38.0 Å². The van der Waals surface area contributed by atoms with Crippen LogP contribution in [0.2, 0.25) is 0 Å². The number of fused-ring (bicyclic) bond motifs is 1. The van der Waals surface area contributed by atoms with Crippen molar-refractivity contribution in [2.24, 2.45) is 0 Å². The lowest BCUT2D eigenvalue weighted by molar-refractivity contribution is 0.0795. The minimum Gasteiger partial charge on any atom is -0.398 e. The number of carbonyl (C=O) groups is 1. The van der Waals surface area contributed by atoms with Crippen molar-refractivity contribution >= 4 is 22.4 Å². The fraction of sp³-hybridized carbons (Fsp3) is 0.312. The third-order valence-corrected chi connectivity index (χ3v) is 3.42. The molecule has 2 aromatic carbocycles. The minimum atomic E-state index is -0.0237. The summed E-state index contributed by atoms with van der Waals surface area (Å²) in [6.07, 6.45) is 0.923. The number of hydrogen-bond acceptors (Lipinski definition) is 3. The van der Waals surface area contributed by atoms with E-state index in [1.807, 2.05) is 50.5 Å². The summed E-state index contributed by atoms with van der Waals surface area (Å²) in [6, 6.07) is 11.7. The second kappa shape index (κ2) is 6.39. The normalized spacial score (nSPS) is 10.7. The molecule has 1 amide bonds. The van der Waals surface area contributed by atoms with Crippen LogP contribution in [-0.2, 0) is 0 Å². The van der Waals surface area contributed by atoms with Gasteiger partial charge in [-0.05, 0) is 42.9 Å². The van der Waals surface area contributed by atoms with Crippen LogP contribution in [0.1, 0.15) is 16.8 Å². The summed E-state index contributed by atoms with van der Waals surface area (Å²) in [5.41, 5.74) is 7.14. The molecule has 4 nitrogen and oxygen atoms in total. The van der Waals surface area contributed by atoms with E-state index < -0.39 is 0 Å². The molecule has 0 aliphatic carbocycles. The van der Waals surface area contributed by atoms with E-state index in [0.717, 1.165) is 23.7 Å². The van der Waals surface area contributed by atoms with Crippen molar-refractivity contribution in [2.75, 3.05) is 32.9 Å². The minimum absolute atomic E-state index is 0.0237. The topological polar surface area (TPSA) is 58.4 Å². The van der Waals surface area contributed by atoms with Gasteiger partial charge in [0.05, 0.1) is 5.56 Å². The summed E-state index contributed by atoms with van der Waals surface area (Å²) in [4.78, 5) is 14.1. The van der Waals surface area contributed by atoms with Crippen LogP contribution in [0.25, 0.3) is 10.8 Å². The fourth-order valence-electron chi connectivity index (χ4n) is 2.24. The molecule has 2 rings (SSSR count). The first-order valence-corrected chi connectivity index (χ1v) is 6.82. The number of nitrogens with one attached hydrogen (secondary N) is 1. The van der Waals surface area contributed by atoms with Crippen LogP contribution in [0.5, 0.6) is 0 Å². The average Bonchev–Trinajstić information content (AvgIpc) is 2.46. The van der Waals surface area contributed by atoms with Gasteiger partial charge >= 0.3 is 0 Å². The molecule has 20 heavy (non-hydrogen) atoms. The first-order chi connectivity index (χ1) is 9.63. The number of carbonyl (C=O) groups excluding carboxylic acids is 1. The maximum atomic E-state index is 12.4. The molecule has 0 radical (unpaired) electrons. The average molecular weight is 271 g/mol. The number of nitrogens with zero attached hydrogens (tertiary/aromatic N) is 1. The lowest BCUT2D eigenvalue weighted by Gasteiger charge is -2.18. The predicted octanol–water partition coefficient (Wildman–Crippen LogP) is 2.10. The van der Waals surface area contributed by atoms with Crippen molar-refractivity contribution in [3.63, 3.8) is 0 Å². The number of nitrogens with two attached hydrogens (primary N) is 1. The Balaban J connectivity index is 2.23. The van der Waals surface area contributed by atoms with Crippen molar-refractivity contribution in [3.8, 4) is 0 Å². The van der Waals surface area contributed by atoms with Crippen LogP contribution in [0.3, 0.4) is 0 Å². The molecule has 2 aromatic rings. The van der Waals surface area contributed by atoms with E-state index in [2.05, 4.69) is 5.32 Å². The first-order valence-electron chi connectivity index (χ1n) is 6.82. The van der Waals surface area contributed by atoms with Gasteiger partial charge in [0.2, 0.25) is 0 Å². The molecule has 0 aliphatic heterocycles. The lowest BCUT2D eigenvalue weighted by Crippen LogP contribution is -2.30. The summed E-state index contributed by atoms with van der Waals surface area (Å²) >= 11 is 0. The van der Waals surface area contributed by atoms with Crippen molar-refractivity contribution < 1.29 is 4.79 Å². The van der Waals surface area contributed by atoms with Crippen molar-refractivity contribution in [3.05, 3.63) is 42.0 Å². The van der Waals surface area contributed by atoms with Gasteiger partial charge < -0.3 is 16.0 Å². The van der Waals surface area contributed by atoms with Crippen LogP contribution in [0.15, 0.2) is 36.4 Å². The van der Waals surface area contributed by atoms with Crippen LogP contribution in [0.4, 0.5) is 5.69 Å². The quantitative estimate of drug-likeness (QED) is 0.647. The standard InChI is InChI=1S/C16H21N3O/c1-18-8-5-9-19(2)16(20)14-10-12-6-3-4-7-13(12)11-15(14)17/h3-4,6-7,10-11,18H,5,8-9,17H2,1-2H3. The Kier molecular flexibility index (Phi) is 4.58. The molecule has 106 valence electrons. The zero-order chi connectivity index (χ0) is 14.5. The SMILES string of the molecule is CNCCCN(C)C(=O)c1cc2ccccc2cc1N. The Morgan fingerprint density at radius 1 is 1.25 bits per heavy atom. The van der Waals surface area contributed by atoms with E-state index in [1.165, 1.54) is 0 Å². The molecule has 0 fully saturated rings. The molecule has 0 heterocycles. The smallest absolute Gasteiger partial charge is 0.255 e. The monoisotopic (exact) mass is 271 g/mol. The van der Waals surface area contributed by atoms with Gasteiger partial charge in [0.25, 0.3) is 5.91 Å². The predicted molar refractivity (Wildman–Crippen MR) is 83.9 cm³/mol. The van der Waals surface area contributed by atoms with Gasteiger partial charge in [-0.2, -0.15) is 0 Å². The molecule has 0 aromatic heterocycles. The molecule has 0 unspecified atom stereocenters. The van der Waals surface area contributed by atoms with Gasteiger partial charge in [-0.3, -0.25) is 4.79 Å². The number of amides is 1. The lowest BCUT2D eigenvalue weighted by atomic mass is 10.0. The van der Waals surface area contributed by atoms with Crippen LogP contribution in [0, 0.1) is 0 Å². The van der Waals surface area contributed by atoms with Gasteiger partial charge in [0.1, 0.15) is 0 Å². The second-order valence-corrected chi connectivity index (χ2v) is 4.97. The number of benzene rings is 2. The number of hydrogen-bond donors (Lipinski definition) is 2. The van der Waals surface area contributed by atoms with Gasteiger partial charge in [0.15, 0.2) is 0 Å². The molecule has 0 aliphatic rings. The number of rotatable bonds is 5. The Morgan fingerprint density at radius 2 is 1.90 bits per heavy atom. The molecule has 3 N–H and O–H groups in total. The molecule has 0 saturated carbocycles. The second-order valence-electron chi connectivity index (χ2n) is 4.97. The highest BCUT2D eigenvalue weighted by molar-refractivity contribution is 6.03. The van der Waals surface area contributed by atoms with Crippen LogP contribution < -0.4 is 11.1 Å². The zero-order valence-electron chi connectivity index (χ0n) is 12.0. The molecule has 0 saturated heterocycles. The summed E-state index contributed by atoms with van der Waals surface area (Å²) in [7, 11) is 3.72. The number of nitrogen functional groups attached to an aromatic ring is 1. The molecule has 4 heteroatoms. The van der Waals surface area contributed by atoms with E-state index in [-0.39, 0.29) is 5.91 Å². The molecule has 0 atom stereocenters. The van der Waals surface area contributed by atoms with E-state index in [1.54, 1.807) is 4.90 Å². The third kappa shape index (κ3) is 3.08. The molecule has 0 bridgehead atoms. The van der Waals surface area contributed by atoms with Gasteiger partial charge in [0, 0.05) is 19.3 Å². The van der Waals surface area contributed by atoms with Crippen LogP contribution >= 0.6 is 0 Å². The highest BCUT2D eigenvalue weighted by Gasteiger charge is 2.15. The Morgan fingerprint density at radius 3 is 2.55 bits per heavy atom. The Labute approximate surface area is 119 Å². The molecule has 0 spiro atoms. The summed E-state index contributed by atoms with van der Waals surface area (Å²) in [6.45, 7) is 1.61. The summed E-state index contributed by atoms with van der Waals surface area (Å²) in [5.74, 6) is -0.0237. The van der Waals surface area contributed by atoms with E-state index in [4.69, 9.17) is 5.73 Å². The van der Waals surface area contributed by atoms with Gasteiger partial charge in [-0.1, -0.05) is 24.3 Å². The van der Waals surface area contributed by atoms with Gasteiger partial charge in [-0.25, -0.2) is 0 Å². The highest BCUT2D eigenvalue weighted by Crippen LogP contribution is 2.22. The van der Waals surface area contributed by atoms with E-state index in [9.17, 15) is 4.79 Å². The highest BCUT2D eigenvalue weighted by atomic mass is 16.2. The zero-order valence-corrected chi connectivity index (χ0v) is 12.0. The summed E-state index contributed by atoms with van der Waals surface area (Å²) in [5, 5.41) is 5.17. The fourth-order valence-corrected chi connectivity index (χ4v) is 2.24. The van der Waals surface area contributed by atoms with E-state index >= 15 is 0 Å². The maximum absolute atomic E-state index is 12.4. The molecular formula is C16H21N3O. The molecular weight excluding hydrogens is 250 g/mol. The van der Waals surface area contributed by atoms with E-state index in [0.29, 0.717) is 17.8 Å².